The van der Waals surface area contributed by atoms with E-state index in [2.05, 4.69) is 19.2 Å². The minimum atomic E-state index is -0.0693. The van der Waals surface area contributed by atoms with E-state index < -0.39 is 0 Å². The fraction of sp³-hybridized carbons (Fsp3) is 0.562. The summed E-state index contributed by atoms with van der Waals surface area (Å²) in [6.45, 7) is 6.31. The van der Waals surface area contributed by atoms with Crippen LogP contribution < -0.4 is 5.32 Å². The van der Waals surface area contributed by atoms with Crippen LogP contribution in [0.4, 0.5) is 0 Å². The first-order chi connectivity index (χ1) is 8.99. The van der Waals surface area contributed by atoms with Crippen LogP contribution in [-0.4, -0.2) is 17.1 Å². The van der Waals surface area contributed by atoms with Gasteiger partial charge in [-0.05, 0) is 50.2 Å². The van der Waals surface area contributed by atoms with E-state index in [1.807, 2.05) is 0 Å². The molecule has 2 N–H and O–H groups in total. The van der Waals surface area contributed by atoms with Gasteiger partial charge < -0.3 is 10.4 Å². The molecule has 1 aliphatic rings. The Hall–Kier alpha value is -1.51. The summed E-state index contributed by atoms with van der Waals surface area (Å²) in [5.41, 5.74) is 1.23. The molecule has 3 heteroatoms. The molecule has 1 aromatic rings. The summed E-state index contributed by atoms with van der Waals surface area (Å²) in [4.78, 5) is 12.3. The van der Waals surface area contributed by atoms with Crippen molar-refractivity contribution in [3.05, 3.63) is 29.3 Å². The molecule has 1 amide bonds. The second kappa shape index (κ2) is 5.64. The van der Waals surface area contributed by atoms with E-state index in [1.165, 1.54) is 6.42 Å². The third-order valence-corrected chi connectivity index (χ3v) is 4.48. The van der Waals surface area contributed by atoms with Crippen molar-refractivity contribution in [3.63, 3.8) is 0 Å². The molecule has 1 fully saturated rings. The molecule has 3 atom stereocenters. The molecule has 3 nitrogen and oxygen atoms in total. The Labute approximate surface area is 115 Å². The SMILES string of the molecule is Cc1c(O)cccc1C(=O)NC1CCC(C)C(C)C1. The number of hydrogen-bond acceptors (Lipinski definition) is 2. The highest BCUT2D eigenvalue weighted by molar-refractivity contribution is 5.96. The van der Waals surface area contributed by atoms with Gasteiger partial charge in [-0.3, -0.25) is 4.79 Å². The van der Waals surface area contributed by atoms with Crippen LogP contribution in [0.15, 0.2) is 18.2 Å². The first kappa shape index (κ1) is 13.9. The Morgan fingerprint density at radius 1 is 1.26 bits per heavy atom. The minimum Gasteiger partial charge on any atom is -0.508 e. The molecule has 1 saturated carbocycles. The van der Waals surface area contributed by atoms with E-state index in [4.69, 9.17) is 0 Å². The van der Waals surface area contributed by atoms with Gasteiger partial charge in [0.15, 0.2) is 0 Å². The average molecular weight is 261 g/mol. The Bertz CT molecular complexity index is 470. The van der Waals surface area contributed by atoms with Crippen LogP contribution in [0, 0.1) is 18.8 Å². The fourth-order valence-electron chi connectivity index (χ4n) is 2.81. The second-order valence-electron chi connectivity index (χ2n) is 5.89. The molecular weight excluding hydrogens is 238 g/mol. The fourth-order valence-corrected chi connectivity index (χ4v) is 2.81. The molecule has 19 heavy (non-hydrogen) atoms. The monoisotopic (exact) mass is 261 g/mol. The summed E-state index contributed by atoms with van der Waals surface area (Å²) in [6, 6.07) is 5.35. The van der Waals surface area contributed by atoms with Gasteiger partial charge in [0.2, 0.25) is 0 Å². The van der Waals surface area contributed by atoms with Crippen molar-refractivity contribution in [2.24, 2.45) is 11.8 Å². The first-order valence-electron chi connectivity index (χ1n) is 7.08. The van der Waals surface area contributed by atoms with Crippen LogP contribution in [0.25, 0.3) is 0 Å². The minimum absolute atomic E-state index is 0.0693. The third-order valence-electron chi connectivity index (χ3n) is 4.48. The van der Waals surface area contributed by atoms with Crippen LogP contribution in [-0.2, 0) is 0 Å². The molecule has 1 aliphatic carbocycles. The van der Waals surface area contributed by atoms with Gasteiger partial charge in [0.1, 0.15) is 5.75 Å². The average Bonchev–Trinajstić information content (AvgIpc) is 2.37. The van der Waals surface area contributed by atoms with Gasteiger partial charge in [-0.15, -0.1) is 0 Å². The van der Waals surface area contributed by atoms with Gasteiger partial charge in [-0.1, -0.05) is 19.9 Å². The molecule has 0 radical (unpaired) electrons. The highest BCUT2D eigenvalue weighted by Crippen LogP contribution is 2.29. The number of amides is 1. The van der Waals surface area contributed by atoms with Gasteiger partial charge in [0.25, 0.3) is 5.91 Å². The lowest BCUT2D eigenvalue weighted by Gasteiger charge is -2.32. The van der Waals surface area contributed by atoms with E-state index in [-0.39, 0.29) is 17.7 Å². The number of phenolic OH excluding ortho intramolecular Hbond substituents is 1. The molecule has 1 aromatic carbocycles. The van der Waals surface area contributed by atoms with Crippen molar-refractivity contribution in [1.29, 1.82) is 0 Å². The maximum atomic E-state index is 12.3. The smallest absolute Gasteiger partial charge is 0.251 e. The molecule has 0 aliphatic heterocycles. The van der Waals surface area contributed by atoms with Crippen LogP contribution >= 0.6 is 0 Å². The van der Waals surface area contributed by atoms with E-state index in [0.29, 0.717) is 17.0 Å². The Balaban J connectivity index is 2.03. The van der Waals surface area contributed by atoms with E-state index in [9.17, 15) is 9.90 Å². The lowest BCUT2D eigenvalue weighted by atomic mass is 9.79. The lowest BCUT2D eigenvalue weighted by molar-refractivity contribution is 0.0909. The summed E-state index contributed by atoms with van der Waals surface area (Å²) in [5.74, 6) is 1.51. The summed E-state index contributed by atoms with van der Waals surface area (Å²) in [5, 5.41) is 12.8. The summed E-state index contributed by atoms with van der Waals surface area (Å²) < 4.78 is 0. The van der Waals surface area contributed by atoms with Crippen molar-refractivity contribution in [2.75, 3.05) is 0 Å². The Kier molecular flexibility index (Phi) is 4.13. The van der Waals surface area contributed by atoms with Crippen LogP contribution in [0.2, 0.25) is 0 Å². The largest absolute Gasteiger partial charge is 0.508 e. The van der Waals surface area contributed by atoms with Crippen molar-refractivity contribution >= 4 is 5.91 Å². The topological polar surface area (TPSA) is 49.3 Å². The molecule has 0 spiro atoms. The second-order valence-corrected chi connectivity index (χ2v) is 5.89. The number of rotatable bonds is 2. The molecule has 3 unspecified atom stereocenters. The molecule has 0 heterocycles. The van der Waals surface area contributed by atoms with Crippen molar-refractivity contribution in [3.8, 4) is 5.75 Å². The number of carbonyl (C=O) groups excluding carboxylic acids is 1. The Morgan fingerprint density at radius 3 is 2.68 bits per heavy atom. The molecule has 2 rings (SSSR count). The van der Waals surface area contributed by atoms with Gasteiger partial charge in [0.05, 0.1) is 0 Å². The predicted molar refractivity (Wildman–Crippen MR) is 76.3 cm³/mol. The summed E-state index contributed by atoms with van der Waals surface area (Å²) in [7, 11) is 0. The number of carbonyl (C=O) groups is 1. The van der Waals surface area contributed by atoms with Gasteiger partial charge in [-0.25, -0.2) is 0 Å². The Morgan fingerprint density at radius 2 is 2.00 bits per heavy atom. The predicted octanol–water partition coefficient (Wildman–Crippen LogP) is 3.26. The molecule has 0 bridgehead atoms. The highest BCUT2D eigenvalue weighted by atomic mass is 16.3. The van der Waals surface area contributed by atoms with Crippen LogP contribution in [0.5, 0.6) is 5.75 Å². The third kappa shape index (κ3) is 3.09. The molecular formula is C16H23NO2. The normalized spacial score (nSPS) is 27.0. The molecule has 0 saturated heterocycles. The van der Waals surface area contributed by atoms with Crippen molar-refractivity contribution < 1.29 is 9.90 Å². The van der Waals surface area contributed by atoms with Crippen molar-refractivity contribution in [2.45, 2.75) is 46.1 Å². The van der Waals surface area contributed by atoms with Gasteiger partial charge in [-0.2, -0.15) is 0 Å². The molecule has 0 aromatic heterocycles. The maximum absolute atomic E-state index is 12.3. The highest BCUT2D eigenvalue weighted by Gasteiger charge is 2.26. The van der Waals surface area contributed by atoms with Crippen molar-refractivity contribution in [1.82, 2.24) is 5.32 Å². The number of phenols is 1. The van der Waals surface area contributed by atoms with Crippen LogP contribution in [0.3, 0.4) is 0 Å². The summed E-state index contributed by atoms with van der Waals surface area (Å²) >= 11 is 0. The van der Waals surface area contributed by atoms with Crippen LogP contribution in [0.1, 0.15) is 49.0 Å². The zero-order valence-electron chi connectivity index (χ0n) is 11.9. The van der Waals surface area contributed by atoms with Gasteiger partial charge >= 0.3 is 0 Å². The van der Waals surface area contributed by atoms with Gasteiger partial charge in [0, 0.05) is 17.2 Å². The maximum Gasteiger partial charge on any atom is 0.251 e. The summed E-state index contributed by atoms with van der Waals surface area (Å²) in [6.07, 6.45) is 3.27. The van der Waals surface area contributed by atoms with E-state index in [0.717, 1.165) is 18.8 Å². The quantitative estimate of drug-likeness (QED) is 0.858. The number of hydrogen-bond donors (Lipinski definition) is 2. The lowest BCUT2D eigenvalue weighted by Crippen LogP contribution is -2.40. The van der Waals surface area contributed by atoms with E-state index in [1.54, 1.807) is 25.1 Å². The number of nitrogens with one attached hydrogen (secondary N) is 1. The first-order valence-corrected chi connectivity index (χ1v) is 7.08. The zero-order valence-corrected chi connectivity index (χ0v) is 11.9. The zero-order chi connectivity index (χ0) is 14.0. The number of benzene rings is 1. The van der Waals surface area contributed by atoms with E-state index >= 15 is 0 Å². The number of aromatic hydroxyl groups is 1. The standard InChI is InChI=1S/C16H23NO2/c1-10-7-8-13(9-11(10)2)17-16(19)14-5-4-6-15(18)12(14)3/h4-6,10-11,13,18H,7-9H2,1-3H3,(H,17,19). The molecule has 104 valence electrons.